The third kappa shape index (κ3) is 3.49. The minimum Gasteiger partial charge on any atom is -0.342 e. The van der Waals surface area contributed by atoms with Crippen LogP contribution in [0, 0.1) is 18.3 Å². The van der Waals surface area contributed by atoms with E-state index in [1.54, 1.807) is 6.07 Å². The van der Waals surface area contributed by atoms with Crippen molar-refractivity contribution in [1.29, 1.82) is 0 Å². The van der Waals surface area contributed by atoms with Crippen LogP contribution in [-0.2, 0) is 4.79 Å². The minimum absolute atomic E-state index is 0.0433. The summed E-state index contributed by atoms with van der Waals surface area (Å²) in [5.41, 5.74) is 1.64. The molecule has 1 aromatic rings. The molecule has 1 aliphatic carbocycles. The van der Waals surface area contributed by atoms with Crippen LogP contribution in [-0.4, -0.2) is 52.8 Å². The number of hydrogen-bond acceptors (Lipinski definition) is 3. The lowest BCUT2D eigenvalue weighted by Gasteiger charge is -2.48. The lowest BCUT2D eigenvalue weighted by molar-refractivity contribution is -0.140. The summed E-state index contributed by atoms with van der Waals surface area (Å²) in [5.74, 6) is 1.11. The van der Waals surface area contributed by atoms with Crippen molar-refractivity contribution in [2.24, 2.45) is 11.3 Å². The van der Waals surface area contributed by atoms with E-state index in [9.17, 15) is 9.59 Å². The normalized spacial score (nSPS) is 23.2. The highest BCUT2D eigenvalue weighted by Crippen LogP contribution is 2.41. The van der Waals surface area contributed by atoms with E-state index in [0.29, 0.717) is 18.0 Å². The van der Waals surface area contributed by atoms with E-state index < -0.39 is 0 Å². The van der Waals surface area contributed by atoms with E-state index in [4.69, 9.17) is 0 Å². The van der Waals surface area contributed by atoms with Crippen LogP contribution in [0.15, 0.2) is 18.2 Å². The molecule has 0 atom stereocenters. The third-order valence-corrected chi connectivity index (χ3v) is 6.67. The second-order valence-electron chi connectivity index (χ2n) is 8.53. The Bertz CT molecular complexity index is 690. The largest absolute Gasteiger partial charge is 0.342 e. The van der Waals surface area contributed by atoms with E-state index in [-0.39, 0.29) is 11.3 Å². The van der Waals surface area contributed by atoms with E-state index in [2.05, 4.69) is 9.88 Å². The van der Waals surface area contributed by atoms with E-state index in [0.717, 1.165) is 57.1 Å². The molecule has 0 N–H and O–H groups in total. The van der Waals surface area contributed by atoms with Crippen LogP contribution in [0.4, 0.5) is 0 Å². The first-order valence-corrected chi connectivity index (χ1v) is 10.1. The number of carbonyl (C=O) groups excluding carboxylic acids is 2. The number of carbonyl (C=O) groups is 2. The summed E-state index contributed by atoms with van der Waals surface area (Å²) >= 11 is 0. The number of likely N-dealkylation sites (tertiary alicyclic amines) is 2. The first-order chi connectivity index (χ1) is 12.5. The lowest BCUT2D eigenvalue weighted by Crippen LogP contribution is -2.53. The Morgan fingerprint density at radius 2 is 2.00 bits per heavy atom. The van der Waals surface area contributed by atoms with Gasteiger partial charge in [-0.25, -0.2) is 4.98 Å². The topological polar surface area (TPSA) is 53.5 Å². The maximum atomic E-state index is 12.7. The van der Waals surface area contributed by atoms with Gasteiger partial charge in [-0.05, 0) is 62.5 Å². The molecule has 5 heteroatoms. The summed E-state index contributed by atoms with van der Waals surface area (Å²) in [5, 5.41) is 0. The van der Waals surface area contributed by atoms with Crippen molar-refractivity contribution >= 4 is 11.8 Å². The monoisotopic (exact) mass is 355 g/mol. The Morgan fingerprint density at radius 3 is 2.65 bits per heavy atom. The zero-order chi connectivity index (χ0) is 18.1. The van der Waals surface area contributed by atoms with Crippen LogP contribution < -0.4 is 0 Å². The second-order valence-corrected chi connectivity index (χ2v) is 8.53. The van der Waals surface area contributed by atoms with Gasteiger partial charge in [-0.3, -0.25) is 9.59 Å². The minimum atomic E-state index is 0.0433. The molecule has 1 saturated carbocycles. The van der Waals surface area contributed by atoms with Gasteiger partial charge in [0.15, 0.2) is 0 Å². The zero-order valence-corrected chi connectivity index (χ0v) is 15.7. The molecule has 0 radical (unpaired) electrons. The fourth-order valence-corrected chi connectivity index (χ4v) is 4.67. The molecule has 1 aromatic heterocycles. The summed E-state index contributed by atoms with van der Waals surface area (Å²) in [6.45, 7) is 5.32. The van der Waals surface area contributed by atoms with E-state index >= 15 is 0 Å². The fourth-order valence-electron chi connectivity index (χ4n) is 4.67. The van der Waals surface area contributed by atoms with Gasteiger partial charge in [-0.1, -0.05) is 12.5 Å². The van der Waals surface area contributed by atoms with Gasteiger partial charge in [0.1, 0.15) is 5.69 Å². The molecule has 5 nitrogen and oxygen atoms in total. The average Bonchev–Trinajstić information content (AvgIpc) is 2.61. The van der Waals surface area contributed by atoms with Crippen LogP contribution >= 0.6 is 0 Å². The van der Waals surface area contributed by atoms with Gasteiger partial charge in [-0.15, -0.1) is 0 Å². The maximum Gasteiger partial charge on any atom is 0.272 e. The highest BCUT2D eigenvalue weighted by atomic mass is 16.2. The van der Waals surface area contributed by atoms with E-state index in [1.807, 2.05) is 24.0 Å². The van der Waals surface area contributed by atoms with Gasteiger partial charge in [0.05, 0.1) is 0 Å². The molecule has 0 unspecified atom stereocenters. The SMILES string of the molecule is Cc1cccc(C(=O)N2CCC3(CCC(=O)N(CC4CCC4)C3)CC2)n1. The number of aryl methyl sites for hydroxylation is 1. The van der Waals surface area contributed by atoms with Crippen LogP contribution in [0.3, 0.4) is 0 Å². The van der Waals surface area contributed by atoms with Crippen molar-refractivity contribution in [1.82, 2.24) is 14.8 Å². The smallest absolute Gasteiger partial charge is 0.272 e. The molecule has 140 valence electrons. The molecule has 26 heavy (non-hydrogen) atoms. The number of aromatic nitrogens is 1. The summed E-state index contributed by atoms with van der Waals surface area (Å²) in [6.07, 6.45) is 7.54. The van der Waals surface area contributed by atoms with Crippen molar-refractivity contribution in [3.8, 4) is 0 Å². The maximum absolute atomic E-state index is 12.7. The van der Waals surface area contributed by atoms with Gasteiger partial charge in [0.2, 0.25) is 5.91 Å². The third-order valence-electron chi connectivity index (χ3n) is 6.67. The first kappa shape index (κ1) is 17.5. The molecule has 2 amide bonds. The van der Waals surface area contributed by atoms with Crippen LogP contribution in [0.2, 0.25) is 0 Å². The van der Waals surface area contributed by atoms with Crippen molar-refractivity contribution in [2.75, 3.05) is 26.2 Å². The summed E-state index contributed by atoms with van der Waals surface area (Å²) in [7, 11) is 0. The number of rotatable bonds is 3. The molecule has 0 aromatic carbocycles. The van der Waals surface area contributed by atoms with Crippen molar-refractivity contribution in [3.63, 3.8) is 0 Å². The van der Waals surface area contributed by atoms with Gasteiger partial charge in [0.25, 0.3) is 5.91 Å². The number of amides is 2. The number of pyridine rings is 1. The highest BCUT2D eigenvalue weighted by Gasteiger charge is 2.42. The summed E-state index contributed by atoms with van der Waals surface area (Å²) in [6, 6.07) is 5.61. The Morgan fingerprint density at radius 1 is 1.23 bits per heavy atom. The molecular weight excluding hydrogens is 326 g/mol. The van der Waals surface area contributed by atoms with Crippen LogP contribution in [0.25, 0.3) is 0 Å². The Balaban J connectivity index is 1.37. The van der Waals surface area contributed by atoms with Crippen molar-refractivity contribution in [3.05, 3.63) is 29.6 Å². The summed E-state index contributed by atoms with van der Waals surface area (Å²) in [4.78, 5) is 33.5. The molecule has 0 bridgehead atoms. The number of nitrogens with zero attached hydrogens (tertiary/aromatic N) is 3. The van der Waals surface area contributed by atoms with Gasteiger partial charge < -0.3 is 9.80 Å². The summed E-state index contributed by atoms with van der Waals surface area (Å²) < 4.78 is 0. The Labute approximate surface area is 155 Å². The Hall–Kier alpha value is -1.91. The van der Waals surface area contributed by atoms with Gasteiger partial charge in [-0.2, -0.15) is 0 Å². The van der Waals surface area contributed by atoms with Crippen molar-refractivity contribution in [2.45, 2.75) is 51.9 Å². The molecule has 3 fully saturated rings. The first-order valence-electron chi connectivity index (χ1n) is 10.1. The average molecular weight is 355 g/mol. The quantitative estimate of drug-likeness (QED) is 0.837. The van der Waals surface area contributed by atoms with Gasteiger partial charge >= 0.3 is 0 Å². The molecular formula is C21H29N3O2. The fraction of sp³-hybridized carbons (Fsp3) is 0.667. The number of piperidine rings is 2. The van der Waals surface area contributed by atoms with Crippen molar-refractivity contribution < 1.29 is 9.59 Å². The molecule has 4 rings (SSSR count). The standard InChI is InChI=1S/C21H29N3O2/c1-16-4-2-7-18(22-16)20(26)23-12-10-21(11-13-23)9-8-19(25)24(15-21)14-17-5-3-6-17/h2,4,7,17H,3,5-6,8-15H2,1H3. The zero-order valence-electron chi connectivity index (χ0n) is 15.7. The molecule has 3 heterocycles. The molecule has 2 aliphatic heterocycles. The van der Waals surface area contributed by atoms with Crippen LogP contribution in [0.5, 0.6) is 0 Å². The molecule has 3 aliphatic rings. The molecule has 2 saturated heterocycles. The van der Waals surface area contributed by atoms with E-state index in [1.165, 1.54) is 19.3 Å². The lowest BCUT2D eigenvalue weighted by atomic mass is 9.71. The number of hydrogen-bond donors (Lipinski definition) is 0. The van der Waals surface area contributed by atoms with Crippen LogP contribution in [0.1, 0.15) is 61.1 Å². The van der Waals surface area contributed by atoms with Gasteiger partial charge in [0, 0.05) is 38.3 Å². The second kappa shape index (κ2) is 7.01. The Kier molecular flexibility index (Phi) is 4.72. The predicted molar refractivity (Wildman–Crippen MR) is 99.7 cm³/mol. The predicted octanol–water partition coefficient (Wildman–Crippen LogP) is 3.03. The highest BCUT2D eigenvalue weighted by molar-refractivity contribution is 5.92. The molecule has 1 spiro atoms.